The molecule has 4 aliphatic rings. The van der Waals surface area contributed by atoms with Crippen LogP contribution in [0.3, 0.4) is 0 Å². The van der Waals surface area contributed by atoms with Gasteiger partial charge < -0.3 is 9.47 Å². The van der Waals surface area contributed by atoms with E-state index in [0.717, 1.165) is 29.1 Å². The normalized spacial score (nSPS) is 29.7. The first-order valence-corrected chi connectivity index (χ1v) is 10.9. The molecule has 0 heterocycles. The third kappa shape index (κ3) is 3.35. The SMILES string of the molecule is COC(=O)Cc1ccc(-c2ccc(OC)c(C34CC5CC(CC(C5)C3)C4)c2)cc1. The summed E-state index contributed by atoms with van der Waals surface area (Å²) in [4.78, 5) is 11.5. The summed E-state index contributed by atoms with van der Waals surface area (Å²) in [5.74, 6) is 3.58. The second-order valence-corrected chi connectivity index (χ2v) is 9.56. The maximum atomic E-state index is 11.5. The highest BCUT2D eigenvalue weighted by Gasteiger charge is 2.52. The fraction of sp³-hybridized carbons (Fsp3) is 0.500. The maximum absolute atomic E-state index is 11.5. The van der Waals surface area contributed by atoms with Crippen LogP contribution in [-0.4, -0.2) is 20.2 Å². The van der Waals surface area contributed by atoms with E-state index in [2.05, 4.69) is 30.3 Å². The lowest BCUT2D eigenvalue weighted by atomic mass is 9.48. The lowest BCUT2D eigenvalue weighted by Crippen LogP contribution is -2.48. The van der Waals surface area contributed by atoms with Crippen molar-refractivity contribution in [2.24, 2.45) is 17.8 Å². The van der Waals surface area contributed by atoms with Gasteiger partial charge in [-0.25, -0.2) is 0 Å². The molecule has 0 saturated heterocycles. The third-order valence-electron chi connectivity index (χ3n) is 7.67. The van der Waals surface area contributed by atoms with E-state index in [1.54, 1.807) is 7.11 Å². The molecule has 0 radical (unpaired) electrons. The van der Waals surface area contributed by atoms with E-state index in [-0.39, 0.29) is 5.97 Å². The minimum atomic E-state index is -0.203. The van der Waals surface area contributed by atoms with Gasteiger partial charge >= 0.3 is 5.97 Å². The molecule has 3 heteroatoms. The Kier molecular flexibility index (Phi) is 4.64. The largest absolute Gasteiger partial charge is 0.496 e. The number of carbonyl (C=O) groups excluding carboxylic acids is 1. The van der Waals surface area contributed by atoms with Crippen molar-refractivity contribution in [3.05, 3.63) is 53.6 Å². The van der Waals surface area contributed by atoms with E-state index in [1.807, 2.05) is 12.1 Å². The quantitative estimate of drug-likeness (QED) is 0.628. The van der Waals surface area contributed by atoms with Crippen LogP contribution in [0.25, 0.3) is 11.1 Å². The standard InChI is InChI=1S/C26H30O3/c1-28-24-8-7-22(21-5-3-17(4-6-21)12-25(27)29-2)13-23(24)26-14-18-9-19(15-26)11-20(10-18)16-26/h3-8,13,18-20H,9-12,14-16H2,1-2H3. The van der Waals surface area contributed by atoms with Crippen molar-refractivity contribution in [1.29, 1.82) is 0 Å². The van der Waals surface area contributed by atoms with Crippen molar-refractivity contribution in [2.45, 2.75) is 50.4 Å². The molecule has 4 fully saturated rings. The zero-order valence-corrected chi connectivity index (χ0v) is 17.4. The van der Waals surface area contributed by atoms with Crippen LogP contribution in [0.5, 0.6) is 5.75 Å². The van der Waals surface area contributed by atoms with Crippen molar-refractivity contribution in [3.63, 3.8) is 0 Å². The fourth-order valence-corrected chi connectivity index (χ4v) is 6.80. The molecule has 0 unspecified atom stereocenters. The number of carbonyl (C=O) groups is 1. The van der Waals surface area contributed by atoms with Crippen LogP contribution in [0.4, 0.5) is 0 Å². The lowest BCUT2D eigenvalue weighted by Gasteiger charge is -2.57. The van der Waals surface area contributed by atoms with Gasteiger partial charge in [-0.05, 0) is 90.5 Å². The van der Waals surface area contributed by atoms with Crippen LogP contribution in [0, 0.1) is 17.8 Å². The van der Waals surface area contributed by atoms with E-state index in [1.165, 1.54) is 62.3 Å². The summed E-state index contributed by atoms with van der Waals surface area (Å²) in [6, 6.07) is 15.0. The number of ether oxygens (including phenoxy) is 2. The Morgan fingerprint density at radius 3 is 2.03 bits per heavy atom. The summed E-state index contributed by atoms with van der Waals surface area (Å²) in [6.45, 7) is 0. The van der Waals surface area contributed by atoms with Gasteiger partial charge in [-0.1, -0.05) is 30.3 Å². The van der Waals surface area contributed by atoms with Crippen LogP contribution >= 0.6 is 0 Å². The number of rotatable bonds is 5. The van der Waals surface area contributed by atoms with Gasteiger partial charge in [0.15, 0.2) is 0 Å². The first-order valence-electron chi connectivity index (χ1n) is 10.9. The molecule has 2 aromatic rings. The molecular formula is C26H30O3. The highest BCUT2D eigenvalue weighted by molar-refractivity contribution is 5.73. The molecule has 3 nitrogen and oxygen atoms in total. The van der Waals surface area contributed by atoms with E-state index < -0.39 is 0 Å². The summed E-state index contributed by atoms with van der Waals surface area (Å²) in [6.07, 6.45) is 8.65. The molecule has 2 aromatic carbocycles. The van der Waals surface area contributed by atoms with E-state index in [9.17, 15) is 4.79 Å². The second kappa shape index (κ2) is 7.19. The Labute approximate surface area is 173 Å². The van der Waals surface area contributed by atoms with E-state index >= 15 is 0 Å². The summed E-state index contributed by atoms with van der Waals surface area (Å²) >= 11 is 0. The lowest BCUT2D eigenvalue weighted by molar-refractivity contribution is -0.139. The van der Waals surface area contributed by atoms with Crippen LogP contribution < -0.4 is 4.74 Å². The Morgan fingerprint density at radius 2 is 1.48 bits per heavy atom. The number of benzene rings is 2. The number of hydrogen-bond donors (Lipinski definition) is 0. The molecule has 0 atom stereocenters. The van der Waals surface area contributed by atoms with Gasteiger partial charge in [0.2, 0.25) is 0 Å². The monoisotopic (exact) mass is 390 g/mol. The number of methoxy groups -OCH3 is 2. The molecule has 0 spiro atoms. The fourth-order valence-electron chi connectivity index (χ4n) is 6.80. The molecule has 4 saturated carbocycles. The predicted molar refractivity (Wildman–Crippen MR) is 114 cm³/mol. The zero-order chi connectivity index (χ0) is 20.0. The van der Waals surface area contributed by atoms with E-state index in [0.29, 0.717) is 11.8 Å². The Hall–Kier alpha value is -2.29. The topological polar surface area (TPSA) is 35.5 Å². The van der Waals surface area contributed by atoms with Crippen molar-refractivity contribution in [3.8, 4) is 16.9 Å². The molecule has 0 amide bonds. The minimum absolute atomic E-state index is 0.203. The summed E-state index contributed by atoms with van der Waals surface area (Å²) in [5, 5.41) is 0. The van der Waals surface area contributed by atoms with Crippen LogP contribution in [0.15, 0.2) is 42.5 Å². The van der Waals surface area contributed by atoms with Crippen LogP contribution in [-0.2, 0) is 21.4 Å². The van der Waals surface area contributed by atoms with Gasteiger partial charge in [-0.15, -0.1) is 0 Å². The van der Waals surface area contributed by atoms with Crippen LogP contribution in [0.2, 0.25) is 0 Å². The third-order valence-corrected chi connectivity index (χ3v) is 7.67. The van der Waals surface area contributed by atoms with Gasteiger partial charge in [0.05, 0.1) is 20.6 Å². The highest BCUT2D eigenvalue weighted by Crippen LogP contribution is 2.62. The Balaban J connectivity index is 1.48. The van der Waals surface area contributed by atoms with Crippen molar-refractivity contribution >= 4 is 5.97 Å². The molecule has 4 aliphatic carbocycles. The average Bonchev–Trinajstić information content (AvgIpc) is 2.73. The molecule has 6 rings (SSSR count). The van der Waals surface area contributed by atoms with Gasteiger partial charge in [0, 0.05) is 5.56 Å². The highest BCUT2D eigenvalue weighted by atomic mass is 16.5. The molecular weight excluding hydrogens is 360 g/mol. The first-order chi connectivity index (χ1) is 14.1. The van der Waals surface area contributed by atoms with E-state index in [4.69, 9.17) is 9.47 Å². The first kappa shape index (κ1) is 18.7. The molecule has 0 aromatic heterocycles. The number of esters is 1. The molecule has 0 N–H and O–H groups in total. The Bertz CT molecular complexity index is 877. The molecule has 29 heavy (non-hydrogen) atoms. The average molecular weight is 391 g/mol. The van der Waals surface area contributed by atoms with Gasteiger partial charge in [-0.2, -0.15) is 0 Å². The smallest absolute Gasteiger partial charge is 0.309 e. The maximum Gasteiger partial charge on any atom is 0.309 e. The van der Waals surface area contributed by atoms with Crippen molar-refractivity contribution in [2.75, 3.05) is 14.2 Å². The van der Waals surface area contributed by atoms with Crippen LogP contribution in [0.1, 0.15) is 49.7 Å². The Morgan fingerprint density at radius 1 is 0.897 bits per heavy atom. The molecule has 0 aliphatic heterocycles. The van der Waals surface area contributed by atoms with Crippen molar-refractivity contribution in [1.82, 2.24) is 0 Å². The minimum Gasteiger partial charge on any atom is -0.496 e. The zero-order valence-electron chi connectivity index (χ0n) is 17.4. The summed E-state index contributed by atoms with van der Waals surface area (Å²) in [7, 11) is 3.24. The molecule has 4 bridgehead atoms. The van der Waals surface area contributed by atoms with Gasteiger partial charge in [0.25, 0.3) is 0 Å². The summed E-state index contributed by atoms with van der Waals surface area (Å²) in [5.41, 5.74) is 5.14. The number of hydrogen-bond acceptors (Lipinski definition) is 3. The van der Waals surface area contributed by atoms with Gasteiger partial charge in [0.1, 0.15) is 5.75 Å². The molecule has 152 valence electrons. The van der Waals surface area contributed by atoms with Gasteiger partial charge in [-0.3, -0.25) is 4.79 Å². The second-order valence-electron chi connectivity index (χ2n) is 9.56. The predicted octanol–water partition coefficient (Wildman–Crippen LogP) is 5.55. The van der Waals surface area contributed by atoms with Crippen molar-refractivity contribution < 1.29 is 14.3 Å². The summed E-state index contributed by atoms with van der Waals surface area (Å²) < 4.78 is 10.6.